The van der Waals surface area contributed by atoms with Crippen LogP contribution in [0.3, 0.4) is 0 Å². The van der Waals surface area contributed by atoms with E-state index in [0.29, 0.717) is 16.4 Å². The van der Waals surface area contributed by atoms with E-state index in [1.807, 2.05) is 30.3 Å². The van der Waals surface area contributed by atoms with E-state index in [2.05, 4.69) is 10.3 Å². The first kappa shape index (κ1) is 13.4. The molecule has 0 fully saturated rings. The van der Waals surface area contributed by atoms with Crippen LogP contribution < -0.4 is 5.32 Å². The lowest BCUT2D eigenvalue weighted by atomic mass is 10.3. The Morgan fingerprint density at radius 1 is 1.10 bits per heavy atom. The van der Waals surface area contributed by atoms with Crippen molar-refractivity contribution in [2.24, 2.45) is 0 Å². The molecule has 0 bridgehead atoms. The van der Waals surface area contributed by atoms with Crippen LogP contribution in [0.5, 0.6) is 0 Å². The van der Waals surface area contributed by atoms with Crippen molar-refractivity contribution in [2.75, 3.05) is 5.32 Å². The molecule has 2 aromatic carbocycles. The van der Waals surface area contributed by atoms with Crippen molar-refractivity contribution in [3.8, 4) is 5.69 Å². The average Bonchev–Trinajstić information content (AvgIpc) is 2.98. The highest BCUT2D eigenvalue weighted by Gasteiger charge is 2.10. The van der Waals surface area contributed by atoms with Gasteiger partial charge in [0.1, 0.15) is 12.0 Å². The lowest BCUT2D eigenvalue weighted by Crippen LogP contribution is -2.12. The standard InChI is InChI=1S/C16H12ClN3O/c17-12-5-4-6-13(9-12)19-16(21)15-10-20(11-18-15)14-7-2-1-3-8-14/h1-11H,(H,19,21). The van der Waals surface area contributed by atoms with Gasteiger partial charge in [-0.25, -0.2) is 4.98 Å². The van der Waals surface area contributed by atoms with Gasteiger partial charge in [-0.1, -0.05) is 35.9 Å². The highest BCUT2D eigenvalue weighted by molar-refractivity contribution is 6.30. The van der Waals surface area contributed by atoms with Crippen LogP contribution in [-0.2, 0) is 0 Å². The SMILES string of the molecule is O=C(Nc1cccc(Cl)c1)c1cn(-c2ccccc2)cn1. The van der Waals surface area contributed by atoms with Gasteiger partial charge >= 0.3 is 0 Å². The topological polar surface area (TPSA) is 46.9 Å². The fourth-order valence-electron chi connectivity index (χ4n) is 1.94. The fourth-order valence-corrected chi connectivity index (χ4v) is 2.13. The lowest BCUT2D eigenvalue weighted by Gasteiger charge is -2.03. The van der Waals surface area contributed by atoms with Crippen molar-refractivity contribution in [2.45, 2.75) is 0 Å². The molecule has 1 heterocycles. The highest BCUT2D eigenvalue weighted by atomic mass is 35.5. The van der Waals surface area contributed by atoms with Crippen LogP contribution >= 0.6 is 11.6 Å². The molecular formula is C16H12ClN3O. The normalized spacial score (nSPS) is 10.3. The van der Waals surface area contributed by atoms with Crippen LogP contribution in [0.25, 0.3) is 5.69 Å². The second-order valence-corrected chi connectivity index (χ2v) is 4.90. The second kappa shape index (κ2) is 5.81. The first-order valence-corrected chi connectivity index (χ1v) is 6.76. The monoisotopic (exact) mass is 297 g/mol. The van der Waals surface area contributed by atoms with E-state index in [1.54, 1.807) is 41.4 Å². The predicted molar refractivity (Wildman–Crippen MR) is 83.0 cm³/mol. The van der Waals surface area contributed by atoms with E-state index in [9.17, 15) is 4.79 Å². The van der Waals surface area contributed by atoms with Crippen molar-refractivity contribution in [3.63, 3.8) is 0 Å². The van der Waals surface area contributed by atoms with Crippen LogP contribution in [0.2, 0.25) is 5.02 Å². The summed E-state index contributed by atoms with van der Waals surface area (Å²) in [5.41, 5.74) is 1.94. The molecule has 0 aliphatic carbocycles. The summed E-state index contributed by atoms with van der Waals surface area (Å²) in [4.78, 5) is 16.3. The molecule has 0 radical (unpaired) electrons. The van der Waals surface area contributed by atoms with E-state index < -0.39 is 0 Å². The Balaban J connectivity index is 1.78. The van der Waals surface area contributed by atoms with Gasteiger partial charge in [-0.05, 0) is 30.3 Å². The number of aromatic nitrogens is 2. The van der Waals surface area contributed by atoms with E-state index in [1.165, 1.54) is 0 Å². The molecule has 1 N–H and O–H groups in total. The number of carbonyl (C=O) groups is 1. The van der Waals surface area contributed by atoms with Gasteiger partial charge in [-0.2, -0.15) is 0 Å². The number of carbonyl (C=O) groups excluding carboxylic acids is 1. The summed E-state index contributed by atoms with van der Waals surface area (Å²) in [6.45, 7) is 0. The van der Waals surface area contributed by atoms with Crippen molar-refractivity contribution in [1.82, 2.24) is 9.55 Å². The first-order chi connectivity index (χ1) is 10.2. The van der Waals surface area contributed by atoms with E-state index >= 15 is 0 Å². The maximum atomic E-state index is 12.1. The number of anilines is 1. The Kier molecular flexibility index (Phi) is 3.71. The molecule has 1 aromatic heterocycles. The number of rotatable bonds is 3. The molecule has 3 aromatic rings. The van der Waals surface area contributed by atoms with Crippen LogP contribution in [-0.4, -0.2) is 15.5 Å². The van der Waals surface area contributed by atoms with E-state index in [-0.39, 0.29) is 5.91 Å². The zero-order valence-corrected chi connectivity index (χ0v) is 11.8. The zero-order valence-electron chi connectivity index (χ0n) is 11.0. The third-order valence-corrected chi connectivity index (χ3v) is 3.19. The minimum Gasteiger partial charge on any atom is -0.321 e. The molecule has 3 rings (SSSR count). The number of amides is 1. The van der Waals surface area contributed by atoms with Crippen LogP contribution in [0, 0.1) is 0 Å². The third-order valence-electron chi connectivity index (χ3n) is 2.95. The number of nitrogens with zero attached hydrogens (tertiary/aromatic N) is 2. The Labute approximate surface area is 127 Å². The first-order valence-electron chi connectivity index (χ1n) is 6.39. The van der Waals surface area contributed by atoms with Gasteiger partial charge in [0.15, 0.2) is 0 Å². The third kappa shape index (κ3) is 3.12. The summed E-state index contributed by atoms with van der Waals surface area (Å²) in [5.74, 6) is -0.271. The minimum absolute atomic E-state index is 0.271. The van der Waals surface area contributed by atoms with E-state index in [0.717, 1.165) is 5.69 Å². The van der Waals surface area contributed by atoms with Crippen LogP contribution in [0.1, 0.15) is 10.5 Å². The summed E-state index contributed by atoms with van der Waals surface area (Å²) in [7, 11) is 0. The molecule has 0 spiro atoms. The molecule has 0 atom stereocenters. The van der Waals surface area contributed by atoms with Gasteiger partial charge < -0.3 is 9.88 Å². The maximum absolute atomic E-state index is 12.1. The van der Waals surface area contributed by atoms with Crippen molar-refractivity contribution in [1.29, 1.82) is 0 Å². The maximum Gasteiger partial charge on any atom is 0.275 e. The summed E-state index contributed by atoms with van der Waals surface area (Å²) in [6.07, 6.45) is 3.30. The number of imidazole rings is 1. The summed E-state index contributed by atoms with van der Waals surface area (Å²) in [6, 6.07) is 16.7. The summed E-state index contributed by atoms with van der Waals surface area (Å²) < 4.78 is 1.80. The smallest absolute Gasteiger partial charge is 0.275 e. The number of benzene rings is 2. The molecule has 0 saturated heterocycles. The predicted octanol–water partition coefficient (Wildman–Crippen LogP) is 3.78. The van der Waals surface area contributed by atoms with Gasteiger partial charge in [-0.15, -0.1) is 0 Å². The molecule has 0 aliphatic rings. The van der Waals surface area contributed by atoms with Crippen molar-refractivity contribution in [3.05, 3.63) is 77.8 Å². The van der Waals surface area contributed by atoms with Gasteiger partial charge in [0, 0.05) is 22.6 Å². The molecule has 4 nitrogen and oxygen atoms in total. The van der Waals surface area contributed by atoms with Crippen molar-refractivity contribution >= 4 is 23.2 Å². The number of hydrogen-bond donors (Lipinski definition) is 1. The highest BCUT2D eigenvalue weighted by Crippen LogP contribution is 2.16. The Morgan fingerprint density at radius 3 is 2.67 bits per heavy atom. The van der Waals surface area contributed by atoms with Crippen LogP contribution in [0.15, 0.2) is 67.1 Å². The van der Waals surface area contributed by atoms with Crippen molar-refractivity contribution < 1.29 is 4.79 Å². The summed E-state index contributed by atoms with van der Waals surface area (Å²) >= 11 is 5.89. The molecule has 0 unspecified atom stereocenters. The Hall–Kier alpha value is -2.59. The second-order valence-electron chi connectivity index (χ2n) is 4.47. The fraction of sp³-hybridized carbons (Fsp3) is 0. The van der Waals surface area contributed by atoms with Gasteiger partial charge in [0.05, 0.1) is 0 Å². The molecule has 0 saturated carbocycles. The van der Waals surface area contributed by atoms with Gasteiger partial charge in [-0.3, -0.25) is 4.79 Å². The molecule has 5 heteroatoms. The number of hydrogen-bond acceptors (Lipinski definition) is 2. The lowest BCUT2D eigenvalue weighted by molar-refractivity contribution is 0.102. The molecule has 0 aliphatic heterocycles. The molecular weight excluding hydrogens is 286 g/mol. The van der Waals surface area contributed by atoms with Gasteiger partial charge in [0.25, 0.3) is 5.91 Å². The number of halogens is 1. The summed E-state index contributed by atoms with van der Waals surface area (Å²) in [5, 5.41) is 3.34. The zero-order chi connectivity index (χ0) is 14.7. The Morgan fingerprint density at radius 2 is 1.90 bits per heavy atom. The van der Waals surface area contributed by atoms with Crippen LogP contribution in [0.4, 0.5) is 5.69 Å². The van der Waals surface area contributed by atoms with E-state index in [4.69, 9.17) is 11.6 Å². The quantitative estimate of drug-likeness (QED) is 0.800. The largest absolute Gasteiger partial charge is 0.321 e. The molecule has 1 amide bonds. The number of para-hydroxylation sites is 1. The average molecular weight is 298 g/mol. The number of nitrogens with one attached hydrogen (secondary N) is 1. The van der Waals surface area contributed by atoms with Gasteiger partial charge in [0.2, 0.25) is 0 Å². The molecule has 21 heavy (non-hydrogen) atoms. The minimum atomic E-state index is -0.271. The molecule has 104 valence electrons. The Bertz CT molecular complexity index is 768.